The molecule has 0 aliphatic carbocycles. The molecule has 0 amide bonds. The summed E-state index contributed by atoms with van der Waals surface area (Å²) >= 11 is 0. The van der Waals surface area contributed by atoms with Crippen LogP contribution in [0.1, 0.15) is 16.7 Å². The second kappa shape index (κ2) is 6.14. The number of hydrogen-bond acceptors (Lipinski definition) is 4. The zero-order chi connectivity index (χ0) is 13.8. The number of nitrogens with zero attached hydrogens (tertiary/aromatic N) is 1. The number of amidine groups is 1. The number of ether oxygens (including phenoxy) is 1. The first-order valence-corrected chi connectivity index (χ1v) is 6.49. The SMILES string of the molecule is Cc1cc(C(=N)N)ccc1CN1CCOC(CO)C1. The van der Waals surface area contributed by atoms with Gasteiger partial charge in [-0.05, 0) is 24.1 Å². The van der Waals surface area contributed by atoms with Gasteiger partial charge in [0.25, 0.3) is 0 Å². The molecule has 1 aliphatic heterocycles. The molecular weight excluding hydrogens is 242 g/mol. The van der Waals surface area contributed by atoms with Gasteiger partial charge in [0.05, 0.1) is 19.3 Å². The van der Waals surface area contributed by atoms with Crippen molar-refractivity contribution in [3.8, 4) is 0 Å². The Morgan fingerprint density at radius 2 is 2.37 bits per heavy atom. The second-order valence-electron chi connectivity index (χ2n) is 4.97. The van der Waals surface area contributed by atoms with E-state index in [0.717, 1.165) is 30.8 Å². The molecule has 5 heteroatoms. The predicted octanol–water partition coefficient (Wildman–Crippen LogP) is 0.472. The smallest absolute Gasteiger partial charge is 0.122 e. The fourth-order valence-electron chi connectivity index (χ4n) is 2.32. The van der Waals surface area contributed by atoms with E-state index in [1.165, 1.54) is 5.56 Å². The molecule has 1 unspecified atom stereocenters. The van der Waals surface area contributed by atoms with Crippen molar-refractivity contribution in [2.45, 2.75) is 19.6 Å². The van der Waals surface area contributed by atoms with Gasteiger partial charge in [-0.15, -0.1) is 0 Å². The molecule has 19 heavy (non-hydrogen) atoms. The van der Waals surface area contributed by atoms with Crippen LogP contribution in [0.3, 0.4) is 0 Å². The summed E-state index contributed by atoms with van der Waals surface area (Å²) in [6, 6.07) is 5.85. The molecule has 0 saturated carbocycles. The number of aliphatic hydroxyl groups is 1. The van der Waals surface area contributed by atoms with E-state index in [-0.39, 0.29) is 18.5 Å². The fraction of sp³-hybridized carbons (Fsp3) is 0.500. The van der Waals surface area contributed by atoms with E-state index in [9.17, 15) is 0 Å². The first-order chi connectivity index (χ1) is 9.10. The van der Waals surface area contributed by atoms with Crippen LogP contribution in [0.15, 0.2) is 18.2 Å². The van der Waals surface area contributed by atoms with Crippen molar-refractivity contribution in [3.05, 3.63) is 34.9 Å². The lowest BCUT2D eigenvalue weighted by Crippen LogP contribution is -2.43. The first-order valence-electron chi connectivity index (χ1n) is 6.49. The molecule has 1 aliphatic rings. The summed E-state index contributed by atoms with van der Waals surface area (Å²) < 4.78 is 5.44. The predicted molar refractivity (Wildman–Crippen MR) is 74.3 cm³/mol. The molecule has 1 fully saturated rings. The fourth-order valence-corrected chi connectivity index (χ4v) is 2.32. The highest BCUT2D eigenvalue weighted by Crippen LogP contribution is 2.15. The first kappa shape index (κ1) is 14.0. The molecule has 1 saturated heterocycles. The maximum Gasteiger partial charge on any atom is 0.122 e. The van der Waals surface area contributed by atoms with Crippen LogP contribution in [-0.2, 0) is 11.3 Å². The number of rotatable bonds is 4. The van der Waals surface area contributed by atoms with Crippen molar-refractivity contribution in [2.75, 3.05) is 26.3 Å². The van der Waals surface area contributed by atoms with Crippen molar-refractivity contribution >= 4 is 5.84 Å². The van der Waals surface area contributed by atoms with E-state index in [2.05, 4.69) is 4.90 Å². The van der Waals surface area contributed by atoms with Crippen LogP contribution in [0.4, 0.5) is 0 Å². The summed E-state index contributed by atoms with van der Waals surface area (Å²) in [5.74, 6) is 0.0985. The summed E-state index contributed by atoms with van der Waals surface area (Å²) in [6.45, 7) is 5.24. The zero-order valence-electron chi connectivity index (χ0n) is 11.2. The summed E-state index contributed by atoms with van der Waals surface area (Å²) in [7, 11) is 0. The summed E-state index contributed by atoms with van der Waals surface area (Å²) in [4.78, 5) is 2.28. The van der Waals surface area contributed by atoms with Crippen LogP contribution >= 0.6 is 0 Å². The van der Waals surface area contributed by atoms with Crippen LogP contribution in [0.2, 0.25) is 0 Å². The summed E-state index contributed by atoms with van der Waals surface area (Å²) in [6.07, 6.45) is -0.0782. The Morgan fingerprint density at radius 1 is 1.58 bits per heavy atom. The largest absolute Gasteiger partial charge is 0.394 e. The van der Waals surface area contributed by atoms with Gasteiger partial charge in [-0.2, -0.15) is 0 Å². The minimum Gasteiger partial charge on any atom is -0.394 e. The maximum absolute atomic E-state index is 9.14. The van der Waals surface area contributed by atoms with E-state index >= 15 is 0 Å². The Hall–Kier alpha value is -1.43. The minimum absolute atomic E-state index is 0.0682. The molecular formula is C14H21N3O2. The summed E-state index contributed by atoms with van der Waals surface area (Å²) in [5, 5.41) is 16.6. The highest BCUT2D eigenvalue weighted by molar-refractivity contribution is 5.95. The van der Waals surface area contributed by atoms with Gasteiger partial charge in [0.2, 0.25) is 0 Å². The molecule has 0 radical (unpaired) electrons. The quantitative estimate of drug-likeness (QED) is 0.545. The number of morpholine rings is 1. The number of hydrogen-bond donors (Lipinski definition) is 3. The van der Waals surface area contributed by atoms with Gasteiger partial charge in [-0.25, -0.2) is 0 Å². The molecule has 4 N–H and O–H groups in total. The van der Waals surface area contributed by atoms with E-state index in [4.69, 9.17) is 21.0 Å². The number of nitrogens with one attached hydrogen (secondary N) is 1. The van der Waals surface area contributed by atoms with Gasteiger partial charge in [-0.3, -0.25) is 10.3 Å². The molecule has 104 valence electrons. The average Bonchev–Trinajstić information content (AvgIpc) is 2.41. The number of nitrogen functional groups attached to an aromatic ring is 1. The third kappa shape index (κ3) is 3.53. The third-order valence-corrected chi connectivity index (χ3v) is 3.47. The van der Waals surface area contributed by atoms with Crippen LogP contribution in [-0.4, -0.2) is 48.2 Å². The Balaban J connectivity index is 2.04. The van der Waals surface area contributed by atoms with Crippen LogP contribution in [0, 0.1) is 12.3 Å². The number of nitrogens with two attached hydrogens (primary N) is 1. The van der Waals surface area contributed by atoms with Crippen molar-refractivity contribution < 1.29 is 9.84 Å². The van der Waals surface area contributed by atoms with Gasteiger partial charge in [-0.1, -0.05) is 12.1 Å². The molecule has 1 aromatic rings. The second-order valence-corrected chi connectivity index (χ2v) is 4.97. The van der Waals surface area contributed by atoms with Gasteiger partial charge < -0.3 is 15.6 Å². The Labute approximate surface area is 113 Å². The summed E-state index contributed by atoms with van der Waals surface area (Å²) in [5.41, 5.74) is 8.61. The van der Waals surface area contributed by atoms with Crippen molar-refractivity contribution in [1.29, 1.82) is 5.41 Å². The Bertz CT molecular complexity index is 462. The van der Waals surface area contributed by atoms with Crippen molar-refractivity contribution in [2.24, 2.45) is 5.73 Å². The van der Waals surface area contributed by atoms with Crippen molar-refractivity contribution in [1.82, 2.24) is 4.90 Å². The molecule has 0 aromatic heterocycles. The van der Waals surface area contributed by atoms with Gasteiger partial charge >= 0.3 is 0 Å². The van der Waals surface area contributed by atoms with Gasteiger partial charge in [0.15, 0.2) is 0 Å². The van der Waals surface area contributed by atoms with E-state index < -0.39 is 0 Å². The molecule has 2 rings (SSSR count). The topological polar surface area (TPSA) is 82.6 Å². The van der Waals surface area contributed by atoms with E-state index in [0.29, 0.717) is 6.61 Å². The average molecular weight is 263 g/mol. The lowest BCUT2D eigenvalue weighted by molar-refractivity contribution is -0.0551. The molecule has 1 heterocycles. The monoisotopic (exact) mass is 263 g/mol. The van der Waals surface area contributed by atoms with Crippen LogP contribution < -0.4 is 5.73 Å². The maximum atomic E-state index is 9.14. The number of benzene rings is 1. The van der Waals surface area contributed by atoms with Crippen molar-refractivity contribution in [3.63, 3.8) is 0 Å². The van der Waals surface area contributed by atoms with Crippen LogP contribution in [0.25, 0.3) is 0 Å². The lowest BCUT2D eigenvalue weighted by Gasteiger charge is -2.32. The number of aryl methyl sites for hydroxylation is 1. The van der Waals surface area contributed by atoms with E-state index in [1.54, 1.807) is 0 Å². The highest BCUT2D eigenvalue weighted by atomic mass is 16.5. The van der Waals surface area contributed by atoms with Gasteiger partial charge in [0, 0.05) is 25.2 Å². The number of aliphatic hydroxyl groups excluding tert-OH is 1. The normalized spacial score (nSPS) is 20.4. The Morgan fingerprint density at radius 3 is 3.00 bits per heavy atom. The molecule has 0 bridgehead atoms. The molecule has 0 spiro atoms. The molecule has 1 aromatic carbocycles. The molecule has 1 atom stereocenters. The zero-order valence-corrected chi connectivity index (χ0v) is 11.2. The molecule has 5 nitrogen and oxygen atoms in total. The minimum atomic E-state index is -0.0782. The third-order valence-electron chi connectivity index (χ3n) is 3.47. The highest BCUT2D eigenvalue weighted by Gasteiger charge is 2.20. The van der Waals surface area contributed by atoms with Crippen LogP contribution in [0.5, 0.6) is 0 Å². The standard InChI is InChI=1S/C14H21N3O2/c1-10-6-11(14(15)16)2-3-12(10)7-17-4-5-19-13(8-17)9-18/h2-3,6,13,18H,4-5,7-9H2,1H3,(H3,15,16). The lowest BCUT2D eigenvalue weighted by atomic mass is 10.0. The Kier molecular flexibility index (Phi) is 4.52. The van der Waals surface area contributed by atoms with E-state index in [1.807, 2.05) is 25.1 Å². The van der Waals surface area contributed by atoms with Gasteiger partial charge in [0.1, 0.15) is 5.84 Å².